The zero-order valence-corrected chi connectivity index (χ0v) is 11.7. The Kier molecular flexibility index (Phi) is 3.78. The van der Waals surface area contributed by atoms with Crippen molar-refractivity contribution in [3.05, 3.63) is 52.5 Å². The number of benzene rings is 1. The van der Waals surface area contributed by atoms with Gasteiger partial charge in [-0.15, -0.1) is 11.3 Å². The summed E-state index contributed by atoms with van der Waals surface area (Å²) < 4.78 is 5.21. The molecule has 0 aliphatic heterocycles. The third-order valence-electron chi connectivity index (χ3n) is 2.95. The van der Waals surface area contributed by atoms with Gasteiger partial charge >= 0.3 is 5.97 Å². The highest BCUT2D eigenvalue weighted by Gasteiger charge is 2.07. The number of rotatable bonds is 5. The second-order valence-electron chi connectivity index (χ2n) is 4.42. The molecule has 20 heavy (non-hydrogen) atoms. The lowest BCUT2D eigenvalue weighted by molar-refractivity contribution is 0.0506. The summed E-state index contributed by atoms with van der Waals surface area (Å²) in [6.45, 7) is 0.410. The second-order valence-corrected chi connectivity index (χ2v) is 5.37. The summed E-state index contributed by atoms with van der Waals surface area (Å²) in [6.07, 6.45) is 1.53. The first-order valence-corrected chi connectivity index (χ1v) is 7.35. The van der Waals surface area contributed by atoms with E-state index in [-0.39, 0.29) is 5.97 Å². The van der Waals surface area contributed by atoms with E-state index >= 15 is 0 Å². The summed E-state index contributed by atoms with van der Waals surface area (Å²) in [6, 6.07) is 11.5. The highest BCUT2D eigenvalue weighted by molar-refractivity contribution is 7.11. The van der Waals surface area contributed by atoms with E-state index < -0.39 is 0 Å². The number of hydrogen-bond acceptors (Lipinski definition) is 4. The highest BCUT2D eigenvalue weighted by Crippen LogP contribution is 2.12. The van der Waals surface area contributed by atoms with E-state index in [0.29, 0.717) is 11.5 Å². The molecule has 2 aromatic heterocycles. The summed E-state index contributed by atoms with van der Waals surface area (Å²) in [5.41, 5.74) is 2.01. The lowest BCUT2D eigenvalue weighted by atomic mass is 10.3. The lowest BCUT2D eigenvalue weighted by Gasteiger charge is -2.01. The van der Waals surface area contributed by atoms with Gasteiger partial charge in [-0.2, -0.15) is 0 Å². The molecule has 3 aromatic rings. The smallest absolute Gasteiger partial charge is 0.348 e. The van der Waals surface area contributed by atoms with Crippen LogP contribution in [0, 0.1) is 0 Å². The number of esters is 1. The van der Waals surface area contributed by atoms with E-state index in [4.69, 9.17) is 4.74 Å². The molecule has 4 nitrogen and oxygen atoms in total. The number of aromatic amines is 1. The number of para-hydroxylation sites is 2. The Morgan fingerprint density at radius 2 is 2.15 bits per heavy atom. The average Bonchev–Trinajstić information content (AvgIpc) is 3.11. The molecule has 5 heteroatoms. The van der Waals surface area contributed by atoms with Crippen molar-refractivity contribution in [1.82, 2.24) is 9.97 Å². The molecule has 2 heterocycles. The molecule has 0 unspecified atom stereocenters. The van der Waals surface area contributed by atoms with Crippen molar-refractivity contribution in [2.75, 3.05) is 6.61 Å². The van der Waals surface area contributed by atoms with Gasteiger partial charge in [-0.05, 0) is 30.0 Å². The maximum absolute atomic E-state index is 11.6. The van der Waals surface area contributed by atoms with Gasteiger partial charge in [-0.1, -0.05) is 18.2 Å². The van der Waals surface area contributed by atoms with Crippen molar-refractivity contribution < 1.29 is 9.53 Å². The Morgan fingerprint density at radius 3 is 2.95 bits per heavy atom. The van der Waals surface area contributed by atoms with Crippen LogP contribution in [0.1, 0.15) is 21.9 Å². The molecule has 3 rings (SSSR count). The molecule has 0 spiro atoms. The lowest BCUT2D eigenvalue weighted by Crippen LogP contribution is -2.05. The highest BCUT2D eigenvalue weighted by atomic mass is 32.1. The second kappa shape index (κ2) is 5.88. The Hall–Kier alpha value is -2.14. The van der Waals surface area contributed by atoms with Gasteiger partial charge in [-0.25, -0.2) is 9.78 Å². The van der Waals surface area contributed by atoms with Crippen LogP contribution < -0.4 is 0 Å². The fourth-order valence-corrected chi connectivity index (χ4v) is 2.61. The van der Waals surface area contributed by atoms with E-state index in [1.807, 2.05) is 35.7 Å². The van der Waals surface area contributed by atoms with Crippen LogP contribution in [0.15, 0.2) is 41.8 Å². The van der Waals surface area contributed by atoms with Gasteiger partial charge in [0, 0.05) is 6.42 Å². The maximum atomic E-state index is 11.6. The van der Waals surface area contributed by atoms with Crippen LogP contribution in [0.2, 0.25) is 0 Å². The van der Waals surface area contributed by atoms with Crippen LogP contribution in [0.25, 0.3) is 11.0 Å². The Morgan fingerprint density at radius 1 is 1.25 bits per heavy atom. The van der Waals surface area contributed by atoms with Crippen LogP contribution in [-0.4, -0.2) is 22.5 Å². The zero-order chi connectivity index (χ0) is 13.8. The van der Waals surface area contributed by atoms with Crippen LogP contribution in [-0.2, 0) is 11.2 Å². The number of nitrogens with zero attached hydrogens (tertiary/aromatic N) is 1. The van der Waals surface area contributed by atoms with E-state index in [1.165, 1.54) is 11.3 Å². The normalized spacial score (nSPS) is 10.8. The van der Waals surface area contributed by atoms with Crippen molar-refractivity contribution in [2.24, 2.45) is 0 Å². The number of nitrogens with one attached hydrogen (secondary N) is 1. The number of fused-ring (bicyclic) bond motifs is 1. The molecule has 0 amide bonds. The van der Waals surface area contributed by atoms with Crippen molar-refractivity contribution in [3.8, 4) is 0 Å². The molecule has 1 N–H and O–H groups in total. The summed E-state index contributed by atoms with van der Waals surface area (Å²) in [7, 11) is 0. The maximum Gasteiger partial charge on any atom is 0.348 e. The number of aryl methyl sites for hydroxylation is 1. The molecule has 0 atom stereocenters. The van der Waals surface area contributed by atoms with Gasteiger partial charge in [0.05, 0.1) is 17.6 Å². The van der Waals surface area contributed by atoms with Crippen LogP contribution in [0.5, 0.6) is 0 Å². The van der Waals surface area contributed by atoms with Crippen LogP contribution in [0.3, 0.4) is 0 Å². The fourth-order valence-electron chi connectivity index (χ4n) is 1.99. The van der Waals surface area contributed by atoms with E-state index in [1.54, 1.807) is 6.07 Å². The number of carbonyl (C=O) groups excluding carboxylic acids is 1. The van der Waals surface area contributed by atoms with E-state index in [9.17, 15) is 4.79 Å². The minimum Gasteiger partial charge on any atom is -0.461 e. The third kappa shape index (κ3) is 2.88. The van der Waals surface area contributed by atoms with E-state index in [2.05, 4.69) is 9.97 Å². The summed E-state index contributed by atoms with van der Waals surface area (Å²) >= 11 is 1.40. The van der Waals surface area contributed by atoms with Crippen molar-refractivity contribution >= 4 is 28.3 Å². The van der Waals surface area contributed by atoms with Crippen molar-refractivity contribution in [1.29, 1.82) is 0 Å². The van der Waals surface area contributed by atoms with Crippen LogP contribution >= 0.6 is 11.3 Å². The average molecular weight is 286 g/mol. The standard InChI is InChI=1S/C15H14N2O2S/c18-15(13-7-4-10-20-13)19-9-3-8-14-16-11-5-1-2-6-12(11)17-14/h1-2,4-7,10H,3,8-9H2,(H,16,17). The molecule has 0 radical (unpaired) electrons. The third-order valence-corrected chi connectivity index (χ3v) is 3.80. The van der Waals surface area contributed by atoms with Crippen molar-refractivity contribution in [2.45, 2.75) is 12.8 Å². The Labute approximate surface area is 120 Å². The van der Waals surface area contributed by atoms with Gasteiger partial charge in [0.25, 0.3) is 0 Å². The van der Waals surface area contributed by atoms with Crippen molar-refractivity contribution in [3.63, 3.8) is 0 Å². The molecule has 0 aliphatic carbocycles. The summed E-state index contributed by atoms with van der Waals surface area (Å²) in [5, 5.41) is 1.87. The van der Waals surface area contributed by atoms with Gasteiger partial charge in [0.2, 0.25) is 0 Å². The first-order valence-electron chi connectivity index (χ1n) is 6.47. The molecule has 0 fully saturated rings. The number of H-pyrrole nitrogens is 1. The minimum atomic E-state index is -0.246. The molecule has 0 saturated carbocycles. The monoisotopic (exact) mass is 286 g/mol. The zero-order valence-electron chi connectivity index (χ0n) is 10.8. The molecule has 0 saturated heterocycles. The van der Waals surface area contributed by atoms with Gasteiger partial charge in [0.15, 0.2) is 0 Å². The number of carbonyl (C=O) groups is 1. The summed E-state index contributed by atoms with van der Waals surface area (Å²) in [4.78, 5) is 20.0. The molecular weight excluding hydrogens is 272 g/mol. The first-order chi connectivity index (χ1) is 9.83. The van der Waals surface area contributed by atoms with Gasteiger partial charge < -0.3 is 9.72 Å². The molecule has 1 aromatic carbocycles. The minimum absolute atomic E-state index is 0.246. The molecule has 102 valence electrons. The Balaban J connectivity index is 1.49. The number of imidazole rings is 1. The first kappa shape index (κ1) is 12.9. The Bertz CT molecular complexity index is 671. The quantitative estimate of drug-likeness (QED) is 0.577. The topological polar surface area (TPSA) is 55.0 Å². The molecule has 0 bridgehead atoms. The van der Waals surface area contributed by atoms with E-state index in [0.717, 1.165) is 29.7 Å². The number of hydrogen-bond donors (Lipinski definition) is 1. The van der Waals surface area contributed by atoms with Gasteiger partial charge in [0.1, 0.15) is 10.7 Å². The van der Waals surface area contributed by atoms with Gasteiger partial charge in [-0.3, -0.25) is 0 Å². The fraction of sp³-hybridized carbons (Fsp3) is 0.200. The number of thiophene rings is 1. The molecule has 0 aliphatic rings. The predicted octanol–water partition coefficient (Wildman–Crippen LogP) is 3.41. The number of aromatic nitrogens is 2. The number of ether oxygens (including phenoxy) is 1. The van der Waals surface area contributed by atoms with Crippen LogP contribution in [0.4, 0.5) is 0 Å². The predicted molar refractivity (Wildman–Crippen MR) is 79.0 cm³/mol. The molecular formula is C15H14N2O2S. The largest absolute Gasteiger partial charge is 0.461 e. The SMILES string of the molecule is O=C(OCCCc1nc2ccccc2[nH]1)c1cccs1. The summed E-state index contributed by atoms with van der Waals surface area (Å²) in [5.74, 6) is 0.683.